The van der Waals surface area contributed by atoms with Crippen molar-refractivity contribution in [3.8, 4) is 0 Å². The monoisotopic (exact) mass is 186 g/mol. The number of halogens is 1. The van der Waals surface area contributed by atoms with Gasteiger partial charge in [-0.25, -0.2) is 4.79 Å². The van der Waals surface area contributed by atoms with E-state index < -0.39 is 5.97 Å². The van der Waals surface area contributed by atoms with Crippen LogP contribution in [0.4, 0.5) is 0 Å². The van der Waals surface area contributed by atoms with E-state index in [9.17, 15) is 4.79 Å². The zero-order valence-corrected chi connectivity index (χ0v) is 6.90. The maximum atomic E-state index is 10.5. The van der Waals surface area contributed by atoms with Gasteiger partial charge in [-0.1, -0.05) is 17.7 Å². The number of nitrogens with zero attached hydrogens (tertiary/aromatic N) is 2. The van der Waals surface area contributed by atoms with Gasteiger partial charge in [0, 0.05) is 11.7 Å². The minimum atomic E-state index is -0.990. The van der Waals surface area contributed by atoms with E-state index >= 15 is 0 Å². The lowest BCUT2D eigenvalue weighted by molar-refractivity contribution is 0.0684. The number of aromatic carboxylic acids is 1. The van der Waals surface area contributed by atoms with Gasteiger partial charge in [-0.3, -0.25) is 4.68 Å². The summed E-state index contributed by atoms with van der Waals surface area (Å²) in [5, 5.41) is 12.4. The molecule has 0 bridgehead atoms. The van der Waals surface area contributed by atoms with Crippen molar-refractivity contribution in [2.75, 3.05) is 0 Å². The van der Waals surface area contributed by atoms with E-state index in [1.807, 2.05) is 0 Å². The molecule has 0 unspecified atom stereocenters. The van der Waals surface area contributed by atoms with Gasteiger partial charge in [-0.15, -0.1) is 0 Å². The third-order valence-corrected chi connectivity index (χ3v) is 1.48. The fourth-order valence-corrected chi connectivity index (χ4v) is 0.879. The van der Waals surface area contributed by atoms with E-state index in [4.69, 9.17) is 16.7 Å². The van der Waals surface area contributed by atoms with Crippen LogP contribution in [-0.2, 0) is 6.54 Å². The van der Waals surface area contributed by atoms with Gasteiger partial charge in [0.25, 0.3) is 0 Å². The maximum Gasteiger partial charge on any atom is 0.354 e. The predicted molar refractivity (Wildman–Crippen MR) is 44.2 cm³/mol. The summed E-state index contributed by atoms with van der Waals surface area (Å²) in [6.45, 7) is 0.373. The molecule has 1 aromatic heterocycles. The molecule has 64 valence electrons. The minimum Gasteiger partial charge on any atom is -0.477 e. The molecule has 1 N–H and O–H groups in total. The average molecular weight is 187 g/mol. The largest absolute Gasteiger partial charge is 0.477 e. The van der Waals surface area contributed by atoms with E-state index in [1.54, 1.807) is 6.08 Å². The highest BCUT2D eigenvalue weighted by Crippen LogP contribution is 1.98. The second-order valence-corrected chi connectivity index (χ2v) is 2.32. The van der Waals surface area contributed by atoms with Gasteiger partial charge in [0.1, 0.15) is 5.69 Å². The Morgan fingerprint density at radius 2 is 2.58 bits per heavy atom. The van der Waals surface area contributed by atoms with Crippen molar-refractivity contribution in [1.82, 2.24) is 9.78 Å². The van der Waals surface area contributed by atoms with Gasteiger partial charge in [-0.2, -0.15) is 5.10 Å². The van der Waals surface area contributed by atoms with Gasteiger partial charge < -0.3 is 5.11 Å². The predicted octanol–water partition coefficient (Wildman–Crippen LogP) is 1.33. The van der Waals surface area contributed by atoms with Crippen molar-refractivity contribution in [3.63, 3.8) is 0 Å². The summed E-state index contributed by atoms with van der Waals surface area (Å²) in [5.74, 6) is -0.990. The molecular weight excluding hydrogens is 180 g/mol. The zero-order valence-electron chi connectivity index (χ0n) is 6.14. The van der Waals surface area contributed by atoms with Gasteiger partial charge in [-0.05, 0) is 6.07 Å². The van der Waals surface area contributed by atoms with Crippen LogP contribution in [0.1, 0.15) is 10.5 Å². The Bertz CT molecular complexity index is 306. The van der Waals surface area contributed by atoms with Crippen LogP contribution in [0.3, 0.4) is 0 Å². The van der Waals surface area contributed by atoms with E-state index in [0.717, 1.165) is 0 Å². The van der Waals surface area contributed by atoms with Crippen molar-refractivity contribution < 1.29 is 9.90 Å². The first-order chi connectivity index (χ1) is 5.75. The molecule has 0 aliphatic heterocycles. The topological polar surface area (TPSA) is 55.1 Å². The summed E-state index contributed by atoms with van der Waals surface area (Å²) in [5.41, 5.74) is 1.48. The molecule has 0 spiro atoms. The summed E-state index contributed by atoms with van der Waals surface area (Å²) < 4.78 is 1.35. The number of carboxylic acids is 1. The van der Waals surface area contributed by atoms with E-state index in [2.05, 4.69) is 5.10 Å². The number of carbonyl (C=O) groups is 1. The average Bonchev–Trinajstić information content (AvgIpc) is 2.48. The molecule has 0 atom stereocenters. The standard InChI is InChI=1S/C7H7ClN2O2/c8-3-1-5-10-6(7(11)12)2-4-9-10/h1-4H,5H2,(H,11,12). The normalized spacial score (nSPS) is 10.8. The molecule has 0 amide bonds. The quantitative estimate of drug-likeness (QED) is 0.775. The first-order valence-electron chi connectivity index (χ1n) is 3.26. The molecule has 0 fully saturated rings. The number of hydrogen-bond acceptors (Lipinski definition) is 2. The molecule has 0 aliphatic rings. The summed E-state index contributed by atoms with van der Waals surface area (Å²) in [6.07, 6.45) is 3.05. The van der Waals surface area contributed by atoms with Gasteiger partial charge in [0.15, 0.2) is 0 Å². The minimum absolute atomic E-state index is 0.157. The molecule has 1 heterocycles. The molecule has 5 heteroatoms. The molecule has 12 heavy (non-hydrogen) atoms. The van der Waals surface area contributed by atoms with Crippen LogP contribution in [0.15, 0.2) is 23.9 Å². The molecule has 4 nitrogen and oxygen atoms in total. The smallest absolute Gasteiger partial charge is 0.354 e. The van der Waals surface area contributed by atoms with E-state index in [0.29, 0.717) is 6.54 Å². The molecule has 1 rings (SSSR count). The second-order valence-electron chi connectivity index (χ2n) is 2.07. The number of hydrogen-bond donors (Lipinski definition) is 1. The summed E-state index contributed by atoms with van der Waals surface area (Å²) in [6, 6.07) is 1.43. The Kier molecular flexibility index (Phi) is 2.88. The van der Waals surface area contributed by atoms with Crippen LogP contribution < -0.4 is 0 Å². The Morgan fingerprint density at radius 3 is 3.17 bits per heavy atom. The highest BCUT2D eigenvalue weighted by Gasteiger charge is 2.07. The van der Waals surface area contributed by atoms with Gasteiger partial charge >= 0.3 is 5.97 Å². The first-order valence-corrected chi connectivity index (χ1v) is 3.69. The van der Waals surface area contributed by atoms with Crippen LogP contribution >= 0.6 is 11.6 Å². The SMILES string of the molecule is O=C(O)c1ccnn1CC=CCl. The molecular formula is C7H7ClN2O2. The van der Waals surface area contributed by atoms with Crippen molar-refractivity contribution in [1.29, 1.82) is 0 Å². The fraction of sp³-hybridized carbons (Fsp3) is 0.143. The lowest BCUT2D eigenvalue weighted by Gasteiger charge is -1.98. The summed E-state index contributed by atoms with van der Waals surface area (Å²) in [4.78, 5) is 10.5. The van der Waals surface area contributed by atoms with E-state index in [-0.39, 0.29) is 5.69 Å². The zero-order chi connectivity index (χ0) is 8.97. The van der Waals surface area contributed by atoms with Crippen LogP contribution in [-0.4, -0.2) is 20.9 Å². The highest BCUT2D eigenvalue weighted by atomic mass is 35.5. The highest BCUT2D eigenvalue weighted by molar-refractivity contribution is 6.25. The van der Waals surface area contributed by atoms with Crippen LogP contribution in [0, 0.1) is 0 Å². The summed E-state index contributed by atoms with van der Waals surface area (Å²) >= 11 is 5.28. The molecule has 0 radical (unpaired) electrons. The lowest BCUT2D eigenvalue weighted by atomic mass is 10.4. The maximum absolute atomic E-state index is 10.5. The molecule has 0 aliphatic carbocycles. The fourth-order valence-electron chi connectivity index (χ4n) is 0.800. The lowest BCUT2D eigenvalue weighted by Crippen LogP contribution is -2.08. The molecule has 0 saturated heterocycles. The van der Waals surface area contributed by atoms with Crippen molar-refractivity contribution in [2.45, 2.75) is 6.54 Å². The third-order valence-electron chi connectivity index (χ3n) is 1.30. The van der Waals surface area contributed by atoms with Crippen LogP contribution in [0.2, 0.25) is 0 Å². The molecule has 0 aromatic carbocycles. The van der Waals surface area contributed by atoms with Crippen LogP contribution in [0.25, 0.3) is 0 Å². The van der Waals surface area contributed by atoms with Crippen molar-refractivity contribution >= 4 is 17.6 Å². The number of carboxylic acid groups (broad SMARTS) is 1. The third kappa shape index (κ3) is 1.85. The number of rotatable bonds is 3. The molecule has 1 aromatic rings. The number of aromatic nitrogens is 2. The first kappa shape index (κ1) is 8.80. The van der Waals surface area contributed by atoms with Crippen molar-refractivity contribution in [2.24, 2.45) is 0 Å². The Hall–Kier alpha value is -1.29. The van der Waals surface area contributed by atoms with E-state index in [1.165, 1.54) is 22.5 Å². The van der Waals surface area contributed by atoms with Crippen LogP contribution in [0.5, 0.6) is 0 Å². The Balaban J connectivity index is 2.84. The Morgan fingerprint density at radius 1 is 1.83 bits per heavy atom. The second kappa shape index (κ2) is 3.92. The number of allylic oxidation sites excluding steroid dienone is 1. The molecule has 0 saturated carbocycles. The van der Waals surface area contributed by atoms with Gasteiger partial charge in [0.2, 0.25) is 0 Å². The summed E-state index contributed by atoms with van der Waals surface area (Å²) in [7, 11) is 0. The van der Waals surface area contributed by atoms with Gasteiger partial charge in [0.05, 0.1) is 6.54 Å². The Labute approximate surface area is 74.1 Å². The van der Waals surface area contributed by atoms with Crippen molar-refractivity contribution in [3.05, 3.63) is 29.6 Å².